The first-order chi connectivity index (χ1) is 14.0. The van der Waals surface area contributed by atoms with Gasteiger partial charge < -0.3 is 9.47 Å². The van der Waals surface area contributed by atoms with Gasteiger partial charge in [-0.05, 0) is 43.2 Å². The minimum Gasteiger partial charge on any atom is -0.450 e. The zero-order valence-corrected chi connectivity index (χ0v) is 17.0. The molecule has 0 amide bonds. The van der Waals surface area contributed by atoms with Crippen LogP contribution in [0.5, 0.6) is 11.5 Å². The van der Waals surface area contributed by atoms with E-state index in [0.717, 1.165) is 25.7 Å². The number of fused-ring (bicyclic) bond motifs is 2. The minimum atomic E-state index is -1.05. The van der Waals surface area contributed by atoms with Crippen LogP contribution >= 0.6 is 0 Å². The second kappa shape index (κ2) is 8.39. The summed E-state index contributed by atoms with van der Waals surface area (Å²) in [5.41, 5.74) is 1.96. The quantitative estimate of drug-likeness (QED) is 0.455. The first kappa shape index (κ1) is 20.3. The summed E-state index contributed by atoms with van der Waals surface area (Å²) in [5.74, 6) is -2.18. The molecule has 1 fully saturated rings. The smallest absolute Gasteiger partial charge is 0.201 e. The lowest BCUT2D eigenvalue weighted by molar-refractivity contribution is -0.0215. The summed E-state index contributed by atoms with van der Waals surface area (Å²) < 4.78 is 56.0. The molecule has 0 radical (unpaired) electrons. The number of benzene rings is 2. The first-order valence-electron chi connectivity index (χ1n) is 10.6. The van der Waals surface area contributed by atoms with Gasteiger partial charge in [0.15, 0.2) is 23.1 Å². The molecule has 0 N–H and O–H groups in total. The summed E-state index contributed by atoms with van der Waals surface area (Å²) in [7, 11) is 0. The number of aryl methyl sites for hydroxylation is 1. The van der Waals surface area contributed by atoms with Crippen LogP contribution in [0.4, 0.5) is 13.2 Å². The highest BCUT2D eigenvalue weighted by Crippen LogP contribution is 2.44. The van der Waals surface area contributed by atoms with Crippen molar-refractivity contribution in [3.8, 4) is 11.5 Å². The third kappa shape index (κ3) is 3.77. The molecule has 2 unspecified atom stereocenters. The summed E-state index contributed by atoms with van der Waals surface area (Å²) in [5, 5.41) is 0. The second-order valence-corrected chi connectivity index (χ2v) is 8.19. The van der Waals surface area contributed by atoms with Gasteiger partial charge in [-0.1, -0.05) is 38.8 Å². The normalized spacial score (nSPS) is 20.7. The highest BCUT2D eigenvalue weighted by Gasteiger charge is 2.32. The van der Waals surface area contributed by atoms with Gasteiger partial charge in [0.2, 0.25) is 5.82 Å². The molecule has 5 heteroatoms. The zero-order valence-electron chi connectivity index (χ0n) is 17.0. The summed E-state index contributed by atoms with van der Waals surface area (Å²) in [4.78, 5) is 0. The molecule has 2 heterocycles. The predicted octanol–water partition coefficient (Wildman–Crippen LogP) is 7.02. The minimum absolute atomic E-state index is 0.0193. The summed E-state index contributed by atoms with van der Waals surface area (Å²) in [6, 6.07) is 5.21. The molecule has 2 atom stereocenters. The van der Waals surface area contributed by atoms with Crippen LogP contribution in [0.2, 0.25) is 0 Å². The number of halogens is 3. The average Bonchev–Trinajstić information content (AvgIpc) is 2.73. The molecule has 2 aliphatic rings. The van der Waals surface area contributed by atoms with E-state index in [4.69, 9.17) is 9.47 Å². The van der Waals surface area contributed by atoms with E-state index in [1.54, 1.807) is 12.1 Å². The van der Waals surface area contributed by atoms with Gasteiger partial charge in [-0.2, -0.15) is 4.39 Å². The molecule has 0 bridgehead atoms. The second-order valence-electron chi connectivity index (χ2n) is 8.19. The molecule has 0 spiro atoms. The topological polar surface area (TPSA) is 18.5 Å². The molecule has 1 saturated heterocycles. The lowest BCUT2D eigenvalue weighted by atomic mass is 9.89. The van der Waals surface area contributed by atoms with Crippen molar-refractivity contribution in [2.75, 3.05) is 6.61 Å². The van der Waals surface area contributed by atoms with Crippen molar-refractivity contribution in [2.45, 2.75) is 64.9 Å². The molecule has 2 nitrogen and oxygen atoms in total. The van der Waals surface area contributed by atoms with Crippen LogP contribution in [0.15, 0.2) is 18.2 Å². The Kier molecular flexibility index (Phi) is 5.86. The van der Waals surface area contributed by atoms with Gasteiger partial charge in [0.25, 0.3) is 0 Å². The maximum atomic E-state index is 14.9. The first-order valence-corrected chi connectivity index (χ1v) is 10.6. The van der Waals surface area contributed by atoms with E-state index in [-0.39, 0.29) is 17.1 Å². The lowest BCUT2D eigenvalue weighted by Gasteiger charge is -2.30. The van der Waals surface area contributed by atoms with Gasteiger partial charge in [0.05, 0.1) is 12.7 Å². The van der Waals surface area contributed by atoms with Crippen molar-refractivity contribution in [1.82, 2.24) is 0 Å². The van der Waals surface area contributed by atoms with Crippen molar-refractivity contribution >= 4 is 0 Å². The molecule has 156 valence electrons. The van der Waals surface area contributed by atoms with E-state index < -0.39 is 23.6 Å². The van der Waals surface area contributed by atoms with E-state index in [1.165, 1.54) is 0 Å². The fraction of sp³-hybridized carbons (Fsp3) is 0.500. The lowest BCUT2D eigenvalue weighted by Crippen LogP contribution is -2.22. The summed E-state index contributed by atoms with van der Waals surface area (Å²) >= 11 is 0. The van der Waals surface area contributed by atoms with Crippen LogP contribution in [0.3, 0.4) is 0 Å². The van der Waals surface area contributed by atoms with Gasteiger partial charge in [0.1, 0.15) is 0 Å². The highest BCUT2D eigenvalue weighted by molar-refractivity contribution is 5.54. The van der Waals surface area contributed by atoms with E-state index in [2.05, 4.69) is 6.92 Å². The zero-order chi connectivity index (χ0) is 20.5. The Morgan fingerprint density at radius 2 is 1.72 bits per heavy atom. The maximum Gasteiger partial charge on any atom is 0.201 e. The van der Waals surface area contributed by atoms with Crippen LogP contribution in [-0.4, -0.2) is 6.61 Å². The number of rotatable bonds is 5. The average molecular weight is 404 g/mol. The molecular weight excluding hydrogens is 377 g/mol. The Morgan fingerprint density at radius 1 is 0.931 bits per heavy atom. The monoisotopic (exact) mass is 404 g/mol. The molecule has 0 aliphatic carbocycles. The third-order valence-corrected chi connectivity index (χ3v) is 6.04. The Labute approximate surface area is 170 Å². The Morgan fingerprint density at radius 3 is 2.41 bits per heavy atom. The van der Waals surface area contributed by atoms with E-state index >= 15 is 0 Å². The van der Waals surface area contributed by atoms with Crippen molar-refractivity contribution in [2.24, 2.45) is 5.92 Å². The summed E-state index contributed by atoms with van der Waals surface area (Å²) in [6.07, 6.45) is 5.02. The van der Waals surface area contributed by atoms with Gasteiger partial charge in [-0.3, -0.25) is 0 Å². The van der Waals surface area contributed by atoms with Crippen LogP contribution in [-0.2, 0) is 17.6 Å². The number of ether oxygens (including phenoxy) is 2. The van der Waals surface area contributed by atoms with Crippen LogP contribution in [0.25, 0.3) is 0 Å². The Bertz CT molecular complexity index is 902. The van der Waals surface area contributed by atoms with Gasteiger partial charge in [-0.15, -0.1) is 0 Å². The molecule has 29 heavy (non-hydrogen) atoms. The van der Waals surface area contributed by atoms with E-state index in [9.17, 15) is 13.2 Å². The largest absolute Gasteiger partial charge is 0.450 e. The van der Waals surface area contributed by atoms with E-state index in [0.29, 0.717) is 48.5 Å². The predicted molar refractivity (Wildman–Crippen MR) is 106 cm³/mol. The van der Waals surface area contributed by atoms with Crippen molar-refractivity contribution in [1.29, 1.82) is 0 Å². The highest BCUT2D eigenvalue weighted by atomic mass is 19.2. The maximum absolute atomic E-state index is 14.9. The van der Waals surface area contributed by atoms with Gasteiger partial charge >= 0.3 is 0 Å². The molecule has 4 rings (SSSR count). The van der Waals surface area contributed by atoms with Crippen molar-refractivity contribution in [3.63, 3.8) is 0 Å². The van der Waals surface area contributed by atoms with Crippen LogP contribution in [0, 0.1) is 23.4 Å². The standard InChI is InChI=1S/C24H27F3O2/c1-3-5-14-7-10-19(28-13-14)18-12-17-11-16-9-8-15(6-4-2)20(25)23(16)29-24(17)22(27)21(18)26/h8-9,12,14,19H,3-7,10-11,13H2,1-2H3. The Balaban J connectivity index is 1.63. The molecule has 2 aromatic carbocycles. The molecule has 0 saturated carbocycles. The fourth-order valence-corrected chi connectivity index (χ4v) is 4.50. The Hall–Kier alpha value is -2.01. The van der Waals surface area contributed by atoms with Gasteiger partial charge in [0, 0.05) is 23.1 Å². The van der Waals surface area contributed by atoms with Crippen molar-refractivity contribution < 1.29 is 22.6 Å². The number of hydrogen-bond donors (Lipinski definition) is 0. The molecule has 2 aliphatic heterocycles. The molecular formula is C24H27F3O2. The molecule has 0 aromatic heterocycles. The van der Waals surface area contributed by atoms with Crippen molar-refractivity contribution in [3.05, 3.63) is 57.9 Å². The van der Waals surface area contributed by atoms with E-state index in [1.807, 2.05) is 13.0 Å². The SMILES string of the molecule is CCCc1ccc2c(c1F)Oc1c(cc(C3CCC(CCC)CO3)c(F)c1F)C2. The molecule has 2 aromatic rings. The number of hydrogen-bond acceptors (Lipinski definition) is 2. The summed E-state index contributed by atoms with van der Waals surface area (Å²) in [6.45, 7) is 4.67. The van der Waals surface area contributed by atoms with Crippen LogP contribution < -0.4 is 4.74 Å². The fourth-order valence-electron chi connectivity index (χ4n) is 4.50. The van der Waals surface area contributed by atoms with Gasteiger partial charge in [-0.25, -0.2) is 8.78 Å². The third-order valence-electron chi connectivity index (χ3n) is 6.04. The van der Waals surface area contributed by atoms with Crippen LogP contribution in [0.1, 0.15) is 74.3 Å².